The maximum atomic E-state index is 13.2. The second-order valence-corrected chi connectivity index (χ2v) is 10.0. The number of fused-ring (bicyclic) bond motifs is 1. The van der Waals surface area contributed by atoms with E-state index in [-0.39, 0.29) is 29.3 Å². The van der Waals surface area contributed by atoms with Crippen LogP contribution >= 0.6 is 0 Å². The highest BCUT2D eigenvalue weighted by atomic mass is 32.2. The van der Waals surface area contributed by atoms with Crippen molar-refractivity contribution in [2.45, 2.75) is 36.4 Å². The molecule has 188 valence electrons. The zero-order valence-corrected chi connectivity index (χ0v) is 19.6. The van der Waals surface area contributed by atoms with E-state index in [1.165, 1.54) is 24.3 Å². The molecule has 4 rings (SSSR count). The monoisotopic (exact) mass is 517 g/mol. The minimum Gasteiger partial charge on any atom is -0.326 e. The standard InChI is InChI=1S/C25H22F3N3O4S/c26-25(27,28)18-7-4-8-19(15-18)29-24(33)22(13-16-5-2-1-3-6-16)31-36(34,35)20-10-11-21-17(14-20)9-12-23(32)30-21/h1-8,10-11,14-15,22,31H,9,12-13H2,(H,29,33)(H,30,32)/t22-/m0/s1. The number of alkyl halides is 3. The van der Waals surface area contributed by atoms with Crippen molar-refractivity contribution in [3.8, 4) is 0 Å². The summed E-state index contributed by atoms with van der Waals surface area (Å²) in [7, 11) is -4.20. The molecular weight excluding hydrogens is 495 g/mol. The van der Waals surface area contributed by atoms with Crippen LogP contribution in [0.4, 0.5) is 24.5 Å². The van der Waals surface area contributed by atoms with Crippen molar-refractivity contribution in [2.75, 3.05) is 10.6 Å². The number of anilines is 2. The van der Waals surface area contributed by atoms with E-state index in [1.54, 1.807) is 30.3 Å². The summed E-state index contributed by atoms with van der Waals surface area (Å²) < 4.78 is 68.0. The van der Waals surface area contributed by atoms with E-state index in [1.807, 2.05) is 0 Å². The third-order valence-electron chi connectivity index (χ3n) is 5.64. The maximum absolute atomic E-state index is 13.2. The fourth-order valence-electron chi connectivity index (χ4n) is 3.82. The van der Waals surface area contributed by atoms with E-state index in [4.69, 9.17) is 0 Å². The van der Waals surface area contributed by atoms with Gasteiger partial charge in [0.1, 0.15) is 6.04 Å². The summed E-state index contributed by atoms with van der Waals surface area (Å²) in [5, 5.41) is 5.06. The Morgan fingerprint density at radius 3 is 2.44 bits per heavy atom. The Labute approximate surface area is 205 Å². The lowest BCUT2D eigenvalue weighted by atomic mass is 10.0. The van der Waals surface area contributed by atoms with Crippen LogP contribution in [-0.2, 0) is 38.6 Å². The molecule has 0 saturated carbocycles. The molecular formula is C25H22F3N3O4S. The van der Waals surface area contributed by atoms with Gasteiger partial charge in [-0.25, -0.2) is 8.42 Å². The summed E-state index contributed by atoms with van der Waals surface area (Å²) in [6.45, 7) is 0. The number of sulfonamides is 1. The maximum Gasteiger partial charge on any atom is 0.416 e. The molecule has 0 spiro atoms. The van der Waals surface area contributed by atoms with Crippen molar-refractivity contribution < 1.29 is 31.2 Å². The van der Waals surface area contributed by atoms with E-state index in [0.717, 1.165) is 18.2 Å². The Bertz CT molecular complexity index is 1390. The largest absolute Gasteiger partial charge is 0.416 e. The first-order valence-electron chi connectivity index (χ1n) is 11.0. The number of benzene rings is 3. The van der Waals surface area contributed by atoms with Crippen LogP contribution in [0.2, 0.25) is 0 Å². The molecule has 2 amide bonds. The molecule has 36 heavy (non-hydrogen) atoms. The van der Waals surface area contributed by atoms with Gasteiger partial charge in [0.15, 0.2) is 0 Å². The van der Waals surface area contributed by atoms with Crippen molar-refractivity contribution in [1.82, 2.24) is 4.72 Å². The molecule has 1 heterocycles. The van der Waals surface area contributed by atoms with Crippen LogP contribution in [0.1, 0.15) is 23.1 Å². The topological polar surface area (TPSA) is 104 Å². The molecule has 0 radical (unpaired) electrons. The summed E-state index contributed by atoms with van der Waals surface area (Å²) in [5.41, 5.74) is 0.759. The van der Waals surface area contributed by atoms with E-state index in [9.17, 15) is 31.2 Å². The molecule has 3 N–H and O–H groups in total. The van der Waals surface area contributed by atoms with Gasteiger partial charge < -0.3 is 10.6 Å². The Hall–Kier alpha value is -3.70. The number of rotatable bonds is 7. The highest BCUT2D eigenvalue weighted by Crippen LogP contribution is 2.31. The predicted octanol–water partition coefficient (Wildman–Crippen LogP) is 4.12. The van der Waals surface area contributed by atoms with Crippen LogP contribution in [0.15, 0.2) is 77.7 Å². The average Bonchev–Trinajstić information content (AvgIpc) is 2.83. The fourth-order valence-corrected chi connectivity index (χ4v) is 5.07. The van der Waals surface area contributed by atoms with Crippen LogP contribution in [0.3, 0.4) is 0 Å². The second-order valence-electron chi connectivity index (χ2n) is 8.30. The Morgan fingerprint density at radius 1 is 0.972 bits per heavy atom. The molecule has 3 aromatic carbocycles. The molecule has 0 aromatic heterocycles. The molecule has 7 nitrogen and oxygen atoms in total. The van der Waals surface area contributed by atoms with Crippen molar-refractivity contribution >= 4 is 33.2 Å². The summed E-state index contributed by atoms with van der Waals surface area (Å²) >= 11 is 0. The van der Waals surface area contributed by atoms with Crippen LogP contribution in [0.25, 0.3) is 0 Å². The van der Waals surface area contributed by atoms with Gasteiger partial charge >= 0.3 is 6.18 Å². The molecule has 11 heteroatoms. The van der Waals surface area contributed by atoms with Crippen molar-refractivity contribution in [1.29, 1.82) is 0 Å². The molecule has 3 aromatic rings. The molecule has 1 atom stereocenters. The molecule has 0 bridgehead atoms. The SMILES string of the molecule is O=C1CCc2cc(S(=O)(=O)N[C@@H](Cc3ccccc3)C(=O)Nc3cccc(C(F)(F)F)c3)ccc2N1. The van der Waals surface area contributed by atoms with Gasteiger partial charge in [-0.1, -0.05) is 36.4 Å². The van der Waals surface area contributed by atoms with Crippen molar-refractivity contribution in [3.05, 3.63) is 89.5 Å². The third kappa shape index (κ3) is 6.10. The predicted molar refractivity (Wildman–Crippen MR) is 128 cm³/mol. The molecule has 0 unspecified atom stereocenters. The number of aryl methyl sites for hydroxylation is 1. The highest BCUT2D eigenvalue weighted by Gasteiger charge is 2.31. The van der Waals surface area contributed by atoms with Gasteiger partial charge in [0, 0.05) is 17.8 Å². The van der Waals surface area contributed by atoms with Gasteiger partial charge in [-0.3, -0.25) is 9.59 Å². The first-order chi connectivity index (χ1) is 17.0. The summed E-state index contributed by atoms with van der Waals surface area (Å²) in [5.74, 6) is -0.975. The Morgan fingerprint density at radius 2 is 1.72 bits per heavy atom. The molecule has 0 saturated heterocycles. The summed E-state index contributed by atoms with van der Waals surface area (Å²) in [4.78, 5) is 24.6. The number of carbonyl (C=O) groups excluding carboxylic acids is 2. The highest BCUT2D eigenvalue weighted by molar-refractivity contribution is 7.89. The van der Waals surface area contributed by atoms with E-state index >= 15 is 0 Å². The quantitative estimate of drug-likeness (QED) is 0.439. The first-order valence-corrected chi connectivity index (χ1v) is 12.5. The number of nitrogens with one attached hydrogen (secondary N) is 3. The third-order valence-corrected chi connectivity index (χ3v) is 7.11. The minimum absolute atomic E-state index is 0.0359. The summed E-state index contributed by atoms with van der Waals surface area (Å²) in [6, 6.07) is 15.6. The van der Waals surface area contributed by atoms with E-state index in [2.05, 4.69) is 15.4 Å². The van der Waals surface area contributed by atoms with Crippen molar-refractivity contribution in [2.24, 2.45) is 0 Å². The average molecular weight is 518 g/mol. The van der Waals surface area contributed by atoms with Gasteiger partial charge in [-0.2, -0.15) is 17.9 Å². The summed E-state index contributed by atoms with van der Waals surface area (Å²) in [6.07, 6.45) is -4.04. The molecule has 0 fully saturated rings. The van der Waals surface area contributed by atoms with Gasteiger partial charge in [-0.05, 0) is 60.4 Å². The first kappa shape index (κ1) is 25.4. The smallest absolute Gasteiger partial charge is 0.326 e. The van der Waals surface area contributed by atoms with Gasteiger partial charge in [0.05, 0.1) is 10.5 Å². The van der Waals surface area contributed by atoms with Gasteiger partial charge in [-0.15, -0.1) is 0 Å². The van der Waals surface area contributed by atoms with Crippen LogP contribution in [0.5, 0.6) is 0 Å². The number of halogens is 3. The van der Waals surface area contributed by atoms with E-state index < -0.39 is 33.7 Å². The minimum atomic E-state index is -4.60. The fraction of sp³-hybridized carbons (Fsp3) is 0.200. The Balaban J connectivity index is 1.60. The lowest BCUT2D eigenvalue weighted by molar-refractivity contribution is -0.137. The molecule has 1 aliphatic rings. The lowest BCUT2D eigenvalue weighted by Crippen LogP contribution is -2.45. The van der Waals surface area contributed by atoms with E-state index in [0.29, 0.717) is 23.2 Å². The number of carbonyl (C=O) groups is 2. The molecule has 1 aliphatic heterocycles. The van der Waals surface area contributed by atoms with Crippen LogP contribution in [-0.4, -0.2) is 26.3 Å². The lowest BCUT2D eigenvalue weighted by Gasteiger charge is -2.21. The zero-order chi connectivity index (χ0) is 25.9. The normalized spacial score (nSPS) is 14.5. The zero-order valence-electron chi connectivity index (χ0n) is 18.8. The Kier molecular flexibility index (Phi) is 7.14. The number of hydrogen-bond donors (Lipinski definition) is 3. The van der Waals surface area contributed by atoms with Gasteiger partial charge in [0.25, 0.3) is 0 Å². The van der Waals surface area contributed by atoms with Crippen molar-refractivity contribution in [3.63, 3.8) is 0 Å². The number of amides is 2. The second kappa shape index (κ2) is 10.1. The van der Waals surface area contributed by atoms with Crippen LogP contribution in [0, 0.1) is 0 Å². The van der Waals surface area contributed by atoms with Gasteiger partial charge in [0.2, 0.25) is 21.8 Å². The van der Waals surface area contributed by atoms with Crippen LogP contribution < -0.4 is 15.4 Å². The number of hydrogen-bond acceptors (Lipinski definition) is 4. The molecule has 0 aliphatic carbocycles.